The van der Waals surface area contributed by atoms with Crippen LogP contribution < -0.4 is 0 Å². The molecule has 1 aliphatic heterocycles. The topological polar surface area (TPSA) is 75.5 Å². The van der Waals surface area contributed by atoms with Gasteiger partial charge in [-0.15, -0.1) is 0 Å². The molecule has 2 heterocycles. The molecule has 1 amide bonds. The number of hydrogen-bond acceptors (Lipinski definition) is 4. The number of rotatable bonds is 5. The van der Waals surface area contributed by atoms with Gasteiger partial charge in [0, 0.05) is 44.1 Å². The van der Waals surface area contributed by atoms with Gasteiger partial charge in [0.2, 0.25) is 10.0 Å². The van der Waals surface area contributed by atoms with Crippen LogP contribution in [0.15, 0.2) is 65.8 Å². The maximum absolute atomic E-state index is 12.9. The van der Waals surface area contributed by atoms with Crippen LogP contribution in [0.3, 0.4) is 0 Å². The largest absolute Gasteiger partial charge is 0.336 e. The van der Waals surface area contributed by atoms with Crippen molar-refractivity contribution in [3.63, 3.8) is 0 Å². The van der Waals surface area contributed by atoms with Crippen LogP contribution in [0, 0.1) is 0 Å². The Morgan fingerprint density at radius 3 is 2.32 bits per heavy atom. The van der Waals surface area contributed by atoms with Crippen LogP contribution in [0.4, 0.5) is 0 Å². The molecule has 162 valence electrons. The second-order valence-electron chi connectivity index (χ2n) is 7.15. The molecule has 4 rings (SSSR count). The standard InChI is InChI=1S/C21H20Cl2N4O3S/c22-18-3-1-4-19(20(18)23)31(29,30)27-13-11-25(12-14-27)21(28)17-7-5-16(6-8-17)15-26-10-2-9-24-26/h1-10H,11-15H2. The van der Waals surface area contributed by atoms with E-state index in [-0.39, 0.29) is 33.9 Å². The summed E-state index contributed by atoms with van der Waals surface area (Å²) in [6.07, 6.45) is 3.60. The Hall–Kier alpha value is -2.39. The van der Waals surface area contributed by atoms with E-state index in [1.807, 2.05) is 29.1 Å². The van der Waals surface area contributed by atoms with Gasteiger partial charge >= 0.3 is 0 Å². The van der Waals surface area contributed by atoms with Crippen molar-refractivity contribution in [2.24, 2.45) is 0 Å². The minimum atomic E-state index is -3.79. The Labute approximate surface area is 190 Å². The number of hydrogen-bond donors (Lipinski definition) is 0. The third-order valence-electron chi connectivity index (χ3n) is 5.16. The van der Waals surface area contributed by atoms with Gasteiger partial charge in [0.25, 0.3) is 5.91 Å². The first-order valence-electron chi connectivity index (χ1n) is 9.66. The molecule has 31 heavy (non-hydrogen) atoms. The molecule has 0 N–H and O–H groups in total. The molecule has 0 unspecified atom stereocenters. The zero-order valence-corrected chi connectivity index (χ0v) is 18.8. The average molecular weight is 479 g/mol. The summed E-state index contributed by atoms with van der Waals surface area (Å²) in [6.45, 7) is 1.60. The first kappa shape index (κ1) is 21.8. The van der Waals surface area contributed by atoms with E-state index in [0.29, 0.717) is 25.2 Å². The third kappa shape index (κ3) is 4.62. The molecule has 1 aromatic heterocycles. The lowest BCUT2D eigenvalue weighted by molar-refractivity contribution is 0.0698. The lowest BCUT2D eigenvalue weighted by Gasteiger charge is -2.34. The van der Waals surface area contributed by atoms with Crippen molar-refractivity contribution in [3.05, 3.63) is 82.1 Å². The Morgan fingerprint density at radius 2 is 1.68 bits per heavy atom. The number of sulfonamides is 1. The monoisotopic (exact) mass is 478 g/mol. The molecule has 0 atom stereocenters. The van der Waals surface area contributed by atoms with Crippen LogP contribution in [0.25, 0.3) is 0 Å². The summed E-state index contributed by atoms with van der Waals surface area (Å²) in [5.41, 5.74) is 1.60. The fraction of sp³-hybridized carbons (Fsp3) is 0.238. The number of benzene rings is 2. The van der Waals surface area contributed by atoms with E-state index < -0.39 is 10.0 Å². The predicted octanol–water partition coefficient (Wildman–Crippen LogP) is 3.38. The molecule has 1 fully saturated rings. The summed E-state index contributed by atoms with van der Waals surface area (Å²) in [5, 5.41) is 4.37. The number of aromatic nitrogens is 2. The van der Waals surface area contributed by atoms with E-state index >= 15 is 0 Å². The number of carbonyl (C=O) groups excluding carboxylic acids is 1. The Balaban J connectivity index is 1.40. The first-order valence-corrected chi connectivity index (χ1v) is 11.9. The van der Waals surface area contributed by atoms with Crippen molar-refractivity contribution in [2.75, 3.05) is 26.2 Å². The van der Waals surface area contributed by atoms with Gasteiger partial charge in [0.15, 0.2) is 0 Å². The van der Waals surface area contributed by atoms with Crippen molar-refractivity contribution in [3.8, 4) is 0 Å². The molecular formula is C21H20Cl2N4O3S. The Morgan fingerprint density at radius 1 is 0.968 bits per heavy atom. The minimum Gasteiger partial charge on any atom is -0.336 e. The van der Waals surface area contributed by atoms with Crippen LogP contribution >= 0.6 is 23.2 Å². The summed E-state index contributed by atoms with van der Waals surface area (Å²) in [5.74, 6) is -0.122. The van der Waals surface area contributed by atoms with Crippen molar-refractivity contribution < 1.29 is 13.2 Å². The quantitative estimate of drug-likeness (QED) is 0.563. The first-order chi connectivity index (χ1) is 14.9. The number of carbonyl (C=O) groups is 1. The highest BCUT2D eigenvalue weighted by molar-refractivity contribution is 7.89. The minimum absolute atomic E-state index is 0.0119. The maximum atomic E-state index is 12.9. The van der Waals surface area contributed by atoms with E-state index in [1.54, 1.807) is 35.4 Å². The average Bonchev–Trinajstić information content (AvgIpc) is 3.29. The molecule has 1 aliphatic rings. The molecule has 10 heteroatoms. The summed E-state index contributed by atoms with van der Waals surface area (Å²) in [7, 11) is -3.79. The lowest BCUT2D eigenvalue weighted by atomic mass is 10.1. The third-order valence-corrected chi connectivity index (χ3v) is 8.04. The highest BCUT2D eigenvalue weighted by Crippen LogP contribution is 2.31. The Bertz CT molecular complexity index is 1170. The van der Waals surface area contributed by atoms with Crippen LogP contribution in [-0.4, -0.2) is 59.5 Å². The second-order valence-corrected chi connectivity index (χ2v) is 9.84. The molecule has 0 aliphatic carbocycles. The van der Waals surface area contributed by atoms with Gasteiger partial charge in [-0.05, 0) is 35.9 Å². The molecule has 0 bridgehead atoms. The summed E-state index contributed by atoms with van der Waals surface area (Å²) < 4.78 is 29.0. The van der Waals surface area contributed by atoms with Gasteiger partial charge in [-0.1, -0.05) is 41.4 Å². The molecule has 1 saturated heterocycles. The fourth-order valence-electron chi connectivity index (χ4n) is 3.47. The predicted molar refractivity (Wildman–Crippen MR) is 119 cm³/mol. The zero-order valence-electron chi connectivity index (χ0n) is 16.5. The number of halogens is 2. The smallest absolute Gasteiger partial charge is 0.253 e. The van der Waals surface area contributed by atoms with Crippen molar-refractivity contribution in [1.82, 2.24) is 19.0 Å². The van der Waals surface area contributed by atoms with E-state index in [9.17, 15) is 13.2 Å². The van der Waals surface area contributed by atoms with E-state index in [0.717, 1.165) is 5.56 Å². The summed E-state index contributed by atoms with van der Waals surface area (Å²) in [6, 6.07) is 13.8. The molecular weight excluding hydrogens is 459 g/mol. The normalized spacial score (nSPS) is 15.2. The van der Waals surface area contributed by atoms with Crippen LogP contribution in [0.1, 0.15) is 15.9 Å². The van der Waals surface area contributed by atoms with Crippen molar-refractivity contribution in [1.29, 1.82) is 0 Å². The Kier molecular flexibility index (Phi) is 6.34. The van der Waals surface area contributed by atoms with Crippen LogP contribution in [0.2, 0.25) is 10.0 Å². The van der Waals surface area contributed by atoms with E-state index in [4.69, 9.17) is 23.2 Å². The van der Waals surface area contributed by atoms with Crippen molar-refractivity contribution >= 4 is 39.1 Å². The number of amides is 1. The van der Waals surface area contributed by atoms with Crippen molar-refractivity contribution in [2.45, 2.75) is 11.4 Å². The molecule has 7 nitrogen and oxygen atoms in total. The van der Waals surface area contributed by atoms with Gasteiger partial charge in [0.1, 0.15) is 4.90 Å². The molecule has 0 radical (unpaired) electrons. The zero-order chi connectivity index (χ0) is 22.0. The summed E-state index contributed by atoms with van der Waals surface area (Å²) in [4.78, 5) is 14.5. The lowest BCUT2D eigenvalue weighted by Crippen LogP contribution is -2.50. The summed E-state index contributed by atoms with van der Waals surface area (Å²) >= 11 is 12.1. The molecule has 2 aromatic carbocycles. The maximum Gasteiger partial charge on any atom is 0.253 e. The number of nitrogens with zero attached hydrogens (tertiary/aromatic N) is 4. The SMILES string of the molecule is O=C(c1ccc(Cn2cccn2)cc1)N1CCN(S(=O)(=O)c2cccc(Cl)c2Cl)CC1. The molecule has 0 spiro atoms. The molecule has 3 aromatic rings. The van der Waals surface area contributed by atoms with Crippen LogP contribution in [-0.2, 0) is 16.6 Å². The van der Waals surface area contributed by atoms with Gasteiger partial charge in [-0.2, -0.15) is 9.40 Å². The van der Waals surface area contributed by atoms with Gasteiger partial charge in [-0.25, -0.2) is 8.42 Å². The highest BCUT2D eigenvalue weighted by atomic mass is 35.5. The van der Waals surface area contributed by atoms with Gasteiger partial charge in [0.05, 0.1) is 16.6 Å². The van der Waals surface area contributed by atoms with Gasteiger partial charge in [-0.3, -0.25) is 9.48 Å². The van der Waals surface area contributed by atoms with E-state index in [1.165, 1.54) is 10.4 Å². The highest BCUT2D eigenvalue weighted by Gasteiger charge is 2.32. The number of piperazine rings is 1. The fourth-order valence-corrected chi connectivity index (χ4v) is 5.63. The van der Waals surface area contributed by atoms with E-state index in [2.05, 4.69) is 5.10 Å². The van der Waals surface area contributed by atoms with Crippen LogP contribution in [0.5, 0.6) is 0 Å². The second kappa shape index (κ2) is 9.00. The van der Waals surface area contributed by atoms with Gasteiger partial charge < -0.3 is 4.90 Å². The molecule has 0 saturated carbocycles.